The third kappa shape index (κ3) is 4.41. The fourth-order valence-electron chi connectivity index (χ4n) is 4.23. The Morgan fingerprint density at radius 3 is 2.88 bits per heavy atom. The van der Waals surface area contributed by atoms with Crippen LogP contribution in [0.4, 0.5) is 21.5 Å². The highest BCUT2D eigenvalue weighted by Crippen LogP contribution is 2.33. The van der Waals surface area contributed by atoms with Gasteiger partial charge in [-0.05, 0) is 46.4 Å². The number of aliphatic imine (C=N–C) groups is 1. The molecule has 0 radical (unpaired) electrons. The Hall–Kier alpha value is -3.46. The van der Waals surface area contributed by atoms with E-state index in [1.54, 1.807) is 36.0 Å². The van der Waals surface area contributed by atoms with Gasteiger partial charge < -0.3 is 25.7 Å². The summed E-state index contributed by atoms with van der Waals surface area (Å²) in [5.74, 6) is -0.927. The Kier molecular flexibility index (Phi) is 6.07. The van der Waals surface area contributed by atoms with Crippen molar-refractivity contribution in [2.24, 2.45) is 4.99 Å². The number of amides is 1. The number of carbonyl (C=O) groups excluding carboxylic acids is 1. The number of fused-ring (bicyclic) bond motifs is 1. The fraction of sp³-hybridized carbons (Fsp3) is 0.375. The third-order valence-corrected chi connectivity index (χ3v) is 6.21. The monoisotopic (exact) mass is 451 g/mol. The lowest BCUT2D eigenvalue weighted by molar-refractivity contribution is 0.102. The Bertz CT molecular complexity index is 1240. The lowest BCUT2D eigenvalue weighted by Crippen LogP contribution is -2.42. The summed E-state index contributed by atoms with van der Waals surface area (Å²) in [5, 5.41) is 6.15. The summed E-state index contributed by atoms with van der Waals surface area (Å²) in [6, 6.07) is 4.88. The Morgan fingerprint density at radius 2 is 2.18 bits per heavy atom. The first kappa shape index (κ1) is 22.7. The van der Waals surface area contributed by atoms with Gasteiger partial charge in [0.1, 0.15) is 0 Å². The predicted molar refractivity (Wildman–Crippen MR) is 131 cm³/mol. The maximum absolute atomic E-state index is 14.4. The van der Waals surface area contributed by atoms with E-state index in [0.717, 1.165) is 30.8 Å². The molecule has 3 heterocycles. The number of hydrogen-bond acceptors (Lipinski definition) is 6. The molecule has 1 aliphatic heterocycles. The number of aryl methyl sites for hydroxylation is 1. The third-order valence-electron chi connectivity index (χ3n) is 6.21. The van der Waals surface area contributed by atoms with E-state index in [1.807, 2.05) is 20.0 Å². The molecule has 1 aliphatic rings. The van der Waals surface area contributed by atoms with Gasteiger partial charge in [0.05, 0.1) is 22.6 Å². The maximum atomic E-state index is 14.4. The number of nitrogen functional groups attached to an aromatic ring is 1. The largest absolute Gasteiger partial charge is 0.397 e. The van der Waals surface area contributed by atoms with Crippen molar-refractivity contribution >= 4 is 34.8 Å². The van der Waals surface area contributed by atoms with Crippen LogP contribution in [-0.4, -0.2) is 53.7 Å². The van der Waals surface area contributed by atoms with E-state index in [9.17, 15) is 9.18 Å². The minimum Gasteiger partial charge on any atom is -0.397 e. The molecular weight excluding hydrogens is 421 g/mol. The fourth-order valence-corrected chi connectivity index (χ4v) is 4.23. The van der Waals surface area contributed by atoms with Crippen molar-refractivity contribution in [1.82, 2.24) is 14.7 Å². The standard InChI is InChI=1S/C24H30FN7O/c1-5-28-11-18-20(31-9-8-24(3,14-31)27-4)7-6-17(21(18)26)23(33)30-16-10-19(25)22-29-15(2)12-32(22)13-16/h6-7,10-13,27H,5,8-9,14,26H2,1-4H3,(H,30,33). The van der Waals surface area contributed by atoms with Crippen LogP contribution in [0.25, 0.3) is 5.65 Å². The molecule has 1 unspecified atom stereocenters. The number of pyridine rings is 1. The number of nitrogens with zero attached hydrogens (tertiary/aromatic N) is 4. The second-order valence-corrected chi connectivity index (χ2v) is 8.71. The molecule has 4 N–H and O–H groups in total. The number of benzene rings is 1. The number of carbonyl (C=O) groups is 1. The summed E-state index contributed by atoms with van der Waals surface area (Å²) in [6.07, 6.45) is 6.06. The first-order valence-electron chi connectivity index (χ1n) is 11.1. The molecule has 0 saturated carbocycles. The van der Waals surface area contributed by atoms with E-state index in [2.05, 4.69) is 32.4 Å². The number of halogens is 1. The summed E-state index contributed by atoms with van der Waals surface area (Å²) in [4.78, 5) is 23.9. The van der Waals surface area contributed by atoms with Gasteiger partial charge in [-0.1, -0.05) is 0 Å². The molecule has 1 aromatic carbocycles. The van der Waals surface area contributed by atoms with Gasteiger partial charge >= 0.3 is 0 Å². The zero-order valence-electron chi connectivity index (χ0n) is 19.4. The highest BCUT2D eigenvalue weighted by atomic mass is 19.1. The van der Waals surface area contributed by atoms with Crippen LogP contribution in [0.5, 0.6) is 0 Å². The number of nitrogens with one attached hydrogen (secondary N) is 2. The van der Waals surface area contributed by atoms with E-state index < -0.39 is 11.7 Å². The van der Waals surface area contributed by atoms with Crippen LogP contribution in [0.3, 0.4) is 0 Å². The molecule has 0 aliphatic carbocycles. The average molecular weight is 452 g/mol. The Morgan fingerprint density at radius 1 is 1.39 bits per heavy atom. The van der Waals surface area contributed by atoms with Gasteiger partial charge in [-0.15, -0.1) is 0 Å². The SMILES string of the molecule is CCN=Cc1c(N2CCC(C)(NC)C2)ccc(C(=O)Nc2cc(F)c3nc(C)cn3c2)c1N. The van der Waals surface area contributed by atoms with Crippen molar-refractivity contribution in [2.75, 3.05) is 42.6 Å². The van der Waals surface area contributed by atoms with Crippen LogP contribution in [-0.2, 0) is 0 Å². The summed E-state index contributed by atoms with van der Waals surface area (Å²) < 4.78 is 16.0. The summed E-state index contributed by atoms with van der Waals surface area (Å²) in [6.45, 7) is 8.22. The van der Waals surface area contributed by atoms with Crippen molar-refractivity contribution < 1.29 is 9.18 Å². The predicted octanol–water partition coefficient (Wildman–Crippen LogP) is 3.24. The molecule has 33 heavy (non-hydrogen) atoms. The Labute approximate surface area is 192 Å². The summed E-state index contributed by atoms with van der Waals surface area (Å²) >= 11 is 0. The van der Waals surface area contributed by atoms with Gasteiger partial charge in [0.15, 0.2) is 11.5 Å². The second-order valence-electron chi connectivity index (χ2n) is 8.71. The van der Waals surface area contributed by atoms with E-state index in [0.29, 0.717) is 29.2 Å². The number of likely N-dealkylation sites (N-methyl/N-ethyl adjacent to an activating group) is 1. The number of anilines is 3. The van der Waals surface area contributed by atoms with Crippen molar-refractivity contribution in [3.63, 3.8) is 0 Å². The number of aromatic nitrogens is 2. The lowest BCUT2D eigenvalue weighted by atomic mass is 10.0. The number of rotatable bonds is 6. The van der Waals surface area contributed by atoms with E-state index in [1.165, 1.54) is 6.07 Å². The van der Waals surface area contributed by atoms with Crippen molar-refractivity contribution in [3.05, 3.63) is 53.2 Å². The van der Waals surface area contributed by atoms with Gasteiger partial charge in [0, 0.05) is 61.1 Å². The van der Waals surface area contributed by atoms with Crippen LogP contribution in [0.2, 0.25) is 0 Å². The molecule has 2 aromatic heterocycles. The molecule has 0 bridgehead atoms. The molecule has 1 fully saturated rings. The smallest absolute Gasteiger partial charge is 0.257 e. The highest BCUT2D eigenvalue weighted by Gasteiger charge is 2.33. The van der Waals surface area contributed by atoms with Crippen LogP contribution in [0, 0.1) is 12.7 Å². The number of hydrogen-bond donors (Lipinski definition) is 3. The quantitative estimate of drug-likeness (QED) is 0.395. The van der Waals surface area contributed by atoms with Crippen LogP contribution in [0.15, 0.2) is 35.6 Å². The van der Waals surface area contributed by atoms with Crippen molar-refractivity contribution in [3.8, 4) is 0 Å². The van der Waals surface area contributed by atoms with Gasteiger partial charge in [0.25, 0.3) is 5.91 Å². The Balaban J connectivity index is 1.66. The van der Waals surface area contributed by atoms with E-state index in [4.69, 9.17) is 5.73 Å². The molecule has 1 atom stereocenters. The maximum Gasteiger partial charge on any atom is 0.257 e. The average Bonchev–Trinajstić information content (AvgIpc) is 3.35. The van der Waals surface area contributed by atoms with Crippen LogP contribution >= 0.6 is 0 Å². The molecule has 1 saturated heterocycles. The van der Waals surface area contributed by atoms with Gasteiger partial charge in [-0.3, -0.25) is 9.79 Å². The summed E-state index contributed by atoms with van der Waals surface area (Å²) in [7, 11) is 1.97. The minimum absolute atomic E-state index is 0.0123. The van der Waals surface area contributed by atoms with Crippen LogP contribution < -0.4 is 21.3 Å². The number of nitrogens with two attached hydrogens (primary N) is 1. The molecular formula is C24H30FN7O. The molecule has 174 valence electrons. The zero-order valence-corrected chi connectivity index (χ0v) is 19.4. The molecule has 8 nitrogen and oxygen atoms in total. The topological polar surface area (TPSA) is 100 Å². The molecule has 0 spiro atoms. The first-order chi connectivity index (χ1) is 15.7. The van der Waals surface area contributed by atoms with Crippen molar-refractivity contribution in [2.45, 2.75) is 32.7 Å². The lowest BCUT2D eigenvalue weighted by Gasteiger charge is -2.26. The normalized spacial score (nSPS) is 18.5. The molecule has 3 aromatic rings. The van der Waals surface area contributed by atoms with Crippen LogP contribution in [0.1, 0.15) is 41.9 Å². The molecule has 4 rings (SSSR count). The second kappa shape index (κ2) is 8.82. The summed E-state index contributed by atoms with van der Waals surface area (Å²) in [5.41, 5.74) is 10.0. The highest BCUT2D eigenvalue weighted by molar-refractivity contribution is 6.11. The minimum atomic E-state index is -0.512. The first-order valence-corrected chi connectivity index (χ1v) is 11.1. The van der Waals surface area contributed by atoms with Gasteiger partial charge in [-0.2, -0.15) is 0 Å². The number of imidazole rings is 1. The van der Waals surface area contributed by atoms with E-state index >= 15 is 0 Å². The van der Waals surface area contributed by atoms with Crippen molar-refractivity contribution in [1.29, 1.82) is 0 Å². The van der Waals surface area contributed by atoms with Gasteiger partial charge in [0.2, 0.25) is 0 Å². The van der Waals surface area contributed by atoms with E-state index in [-0.39, 0.29) is 11.2 Å². The van der Waals surface area contributed by atoms with Gasteiger partial charge in [-0.25, -0.2) is 9.37 Å². The zero-order chi connectivity index (χ0) is 23.8. The molecule has 9 heteroatoms. The molecule has 1 amide bonds.